The number of ether oxygens (including phenoxy) is 1. The van der Waals surface area contributed by atoms with Crippen molar-refractivity contribution in [2.45, 2.75) is 38.7 Å². The predicted octanol–water partition coefficient (Wildman–Crippen LogP) is 4.55. The predicted molar refractivity (Wildman–Crippen MR) is 80.2 cm³/mol. The Balaban J connectivity index is 1.83. The number of aryl methyl sites for hydroxylation is 2. The van der Waals surface area contributed by atoms with E-state index in [1.54, 1.807) is 19.1 Å². The van der Waals surface area contributed by atoms with Crippen molar-refractivity contribution in [3.63, 3.8) is 0 Å². The summed E-state index contributed by atoms with van der Waals surface area (Å²) in [6.07, 6.45) is 3.94. The molecule has 0 heterocycles. The molecule has 2 aromatic carbocycles. The summed E-state index contributed by atoms with van der Waals surface area (Å²) in [6.45, 7) is 1.61. The molecule has 0 aromatic heterocycles. The fourth-order valence-corrected chi connectivity index (χ4v) is 2.76. The Kier molecular flexibility index (Phi) is 3.93. The zero-order chi connectivity index (χ0) is 14.8. The number of halogens is 1. The van der Waals surface area contributed by atoms with Crippen LogP contribution in [0.4, 0.5) is 4.39 Å². The van der Waals surface area contributed by atoms with Crippen LogP contribution in [0.1, 0.15) is 42.6 Å². The third-order valence-corrected chi connectivity index (χ3v) is 3.99. The van der Waals surface area contributed by atoms with Gasteiger partial charge in [-0.15, -0.1) is 0 Å². The van der Waals surface area contributed by atoms with E-state index in [2.05, 4.69) is 6.07 Å². The first-order valence-corrected chi connectivity index (χ1v) is 7.40. The third kappa shape index (κ3) is 3.08. The van der Waals surface area contributed by atoms with Crippen LogP contribution < -0.4 is 4.74 Å². The number of benzene rings is 2. The van der Waals surface area contributed by atoms with Gasteiger partial charge < -0.3 is 9.84 Å². The molecular formula is C18H19FO2. The van der Waals surface area contributed by atoms with Crippen LogP contribution in [0.2, 0.25) is 0 Å². The maximum atomic E-state index is 14.0. The number of aliphatic hydroxyl groups excluding tert-OH is 1. The monoisotopic (exact) mass is 286 g/mol. The maximum absolute atomic E-state index is 14.0. The first-order valence-electron chi connectivity index (χ1n) is 7.40. The van der Waals surface area contributed by atoms with Crippen LogP contribution in [0.15, 0.2) is 36.4 Å². The van der Waals surface area contributed by atoms with Crippen LogP contribution in [0.3, 0.4) is 0 Å². The van der Waals surface area contributed by atoms with E-state index in [9.17, 15) is 9.50 Å². The number of hydrogen-bond acceptors (Lipinski definition) is 2. The van der Waals surface area contributed by atoms with E-state index >= 15 is 0 Å². The summed E-state index contributed by atoms with van der Waals surface area (Å²) >= 11 is 0. The van der Waals surface area contributed by atoms with E-state index in [0.29, 0.717) is 11.3 Å². The molecule has 1 atom stereocenters. The molecule has 0 unspecified atom stereocenters. The van der Waals surface area contributed by atoms with E-state index in [1.807, 2.05) is 12.1 Å². The first-order chi connectivity index (χ1) is 10.1. The Bertz CT molecular complexity index is 650. The molecule has 0 amide bonds. The highest BCUT2D eigenvalue weighted by molar-refractivity contribution is 5.40. The van der Waals surface area contributed by atoms with Crippen LogP contribution in [0, 0.1) is 5.82 Å². The minimum atomic E-state index is -0.683. The molecule has 1 aliphatic carbocycles. The second-order valence-electron chi connectivity index (χ2n) is 5.61. The van der Waals surface area contributed by atoms with Gasteiger partial charge in [-0.3, -0.25) is 0 Å². The van der Waals surface area contributed by atoms with Gasteiger partial charge >= 0.3 is 0 Å². The molecule has 0 saturated carbocycles. The summed E-state index contributed by atoms with van der Waals surface area (Å²) in [4.78, 5) is 0. The summed E-state index contributed by atoms with van der Waals surface area (Å²) in [6, 6.07) is 10.5. The molecule has 3 rings (SSSR count). The fraction of sp³-hybridized carbons (Fsp3) is 0.333. The highest BCUT2D eigenvalue weighted by Crippen LogP contribution is 2.30. The maximum Gasteiger partial charge on any atom is 0.166 e. The molecule has 21 heavy (non-hydrogen) atoms. The summed E-state index contributed by atoms with van der Waals surface area (Å²) in [5.74, 6) is 0.403. The molecule has 3 heteroatoms. The Morgan fingerprint density at radius 1 is 1.05 bits per heavy atom. The molecule has 2 aromatic rings. The lowest BCUT2D eigenvalue weighted by atomic mass is 9.92. The average Bonchev–Trinajstić information content (AvgIpc) is 2.49. The van der Waals surface area contributed by atoms with E-state index in [4.69, 9.17) is 4.74 Å². The summed E-state index contributed by atoms with van der Waals surface area (Å²) in [5.41, 5.74) is 3.23. The van der Waals surface area contributed by atoms with Crippen LogP contribution in [0.5, 0.6) is 11.5 Å². The van der Waals surface area contributed by atoms with Gasteiger partial charge in [-0.25, -0.2) is 4.39 Å². The van der Waals surface area contributed by atoms with Gasteiger partial charge in [0, 0.05) is 0 Å². The Labute approximate surface area is 124 Å². The summed E-state index contributed by atoms with van der Waals surface area (Å²) in [7, 11) is 0. The zero-order valence-corrected chi connectivity index (χ0v) is 12.1. The number of rotatable bonds is 3. The van der Waals surface area contributed by atoms with Gasteiger partial charge in [0.15, 0.2) is 11.6 Å². The van der Waals surface area contributed by atoms with Crippen molar-refractivity contribution in [1.82, 2.24) is 0 Å². The normalized spacial score (nSPS) is 15.4. The average molecular weight is 286 g/mol. The van der Waals surface area contributed by atoms with Crippen molar-refractivity contribution in [3.8, 4) is 11.5 Å². The number of aliphatic hydroxyl groups is 1. The molecular weight excluding hydrogens is 267 g/mol. The number of hydrogen-bond donors (Lipinski definition) is 1. The smallest absolute Gasteiger partial charge is 0.166 e. The summed E-state index contributed by atoms with van der Waals surface area (Å²) < 4.78 is 19.7. The molecule has 0 bridgehead atoms. The van der Waals surface area contributed by atoms with Crippen molar-refractivity contribution in [1.29, 1.82) is 0 Å². The van der Waals surface area contributed by atoms with Crippen molar-refractivity contribution in [2.24, 2.45) is 0 Å². The topological polar surface area (TPSA) is 29.5 Å². The minimum absolute atomic E-state index is 0.190. The van der Waals surface area contributed by atoms with Gasteiger partial charge in [-0.2, -0.15) is 0 Å². The van der Waals surface area contributed by atoms with Crippen LogP contribution >= 0.6 is 0 Å². The van der Waals surface area contributed by atoms with E-state index in [-0.39, 0.29) is 5.75 Å². The molecule has 1 aliphatic rings. The minimum Gasteiger partial charge on any atom is -0.454 e. The molecule has 0 radical (unpaired) electrons. The highest BCUT2D eigenvalue weighted by Gasteiger charge is 2.12. The summed E-state index contributed by atoms with van der Waals surface area (Å²) in [5, 5.41) is 9.45. The Morgan fingerprint density at radius 3 is 2.52 bits per heavy atom. The van der Waals surface area contributed by atoms with Crippen molar-refractivity contribution < 1.29 is 14.2 Å². The standard InChI is InChI=1S/C18H19FO2/c1-12(20)14-7-9-18(17(19)11-14)21-16-8-6-13-4-2-3-5-15(13)10-16/h6-12,20H,2-5H2,1H3/t12-/m0/s1. The third-order valence-electron chi connectivity index (χ3n) is 3.99. The van der Waals surface area contributed by atoms with Gasteiger partial charge in [0.25, 0.3) is 0 Å². The zero-order valence-electron chi connectivity index (χ0n) is 12.1. The quantitative estimate of drug-likeness (QED) is 0.897. The first kappa shape index (κ1) is 14.1. The lowest BCUT2D eigenvalue weighted by Gasteiger charge is -2.17. The number of fused-ring (bicyclic) bond motifs is 1. The molecule has 0 aliphatic heterocycles. The second-order valence-corrected chi connectivity index (χ2v) is 5.61. The van der Waals surface area contributed by atoms with Crippen molar-refractivity contribution in [2.75, 3.05) is 0 Å². The van der Waals surface area contributed by atoms with Crippen LogP contribution in [0.25, 0.3) is 0 Å². The Morgan fingerprint density at radius 2 is 1.81 bits per heavy atom. The SMILES string of the molecule is C[C@H](O)c1ccc(Oc2ccc3c(c2)CCCC3)c(F)c1. The lowest BCUT2D eigenvalue weighted by molar-refractivity contribution is 0.198. The molecule has 0 saturated heterocycles. The van der Waals surface area contributed by atoms with E-state index in [1.165, 1.54) is 30.0 Å². The van der Waals surface area contributed by atoms with Crippen LogP contribution in [-0.2, 0) is 12.8 Å². The van der Waals surface area contributed by atoms with Gasteiger partial charge in [0.2, 0.25) is 0 Å². The molecule has 110 valence electrons. The van der Waals surface area contributed by atoms with Gasteiger partial charge in [-0.05, 0) is 73.6 Å². The van der Waals surface area contributed by atoms with E-state index in [0.717, 1.165) is 12.8 Å². The second kappa shape index (κ2) is 5.86. The largest absolute Gasteiger partial charge is 0.454 e. The van der Waals surface area contributed by atoms with Crippen molar-refractivity contribution >= 4 is 0 Å². The van der Waals surface area contributed by atoms with Gasteiger partial charge in [0.1, 0.15) is 5.75 Å². The molecule has 0 fully saturated rings. The lowest BCUT2D eigenvalue weighted by Crippen LogP contribution is -2.02. The van der Waals surface area contributed by atoms with E-state index < -0.39 is 11.9 Å². The van der Waals surface area contributed by atoms with Crippen molar-refractivity contribution in [3.05, 3.63) is 58.9 Å². The van der Waals surface area contributed by atoms with Gasteiger partial charge in [0.05, 0.1) is 6.10 Å². The Hall–Kier alpha value is -1.87. The molecule has 0 spiro atoms. The molecule has 2 nitrogen and oxygen atoms in total. The molecule has 1 N–H and O–H groups in total. The van der Waals surface area contributed by atoms with Crippen LogP contribution in [-0.4, -0.2) is 5.11 Å². The fourth-order valence-electron chi connectivity index (χ4n) is 2.76. The highest BCUT2D eigenvalue weighted by atomic mass is 19.1. The van der Waals surface area contributed by atoms with Gasteiger partial charge in [-0.1, -0.05) is 12.1 Å².